The van der Waals surface area contributed by atoms with E-state index in [9.17, 15) is 4.79 Å². The van der Waals surface area contributed by atoms with Gasteiger partial charge < -0.3 is 9.88 Å². The number of amides is 1. The van der Waals surface area contributed by atoms with Crippen LogP contribution in [0.3, 0.4) is 0 Å². The number of fused-ring (bicyclic) bond motifs is 1. The van der Waals surface area contributed by atoms with Crippen molar-refractivity contribution in [3.05, 3.63) is 40.1 Å². The molecule has 3 heterocycles. The highest BCUT2D eigenvalue weighted by Crippen LogP contribution is 2.16. The summed E-state index contributed by atoms with van der Waals surface area (Å²) in [6.45, 7) is 4.12. The van der Waals surface area contributed by atoms with Crippen LogP contribution in [0.1, 0.15) is 23.2 Å². The van der Waals surface area contributed by atoms with Crippen molar-refractivity contribution >= 4 is 17.2 Å². The molecule has 1 atom stereocenters. The second kappa shape index (κ2) is 5.76. The molecule has 1 aliphatic rings. The maximum absolute atomic E-state index is 12.6. The molecule has 0 saturated carbocycles. The van der Waals surface area contributed by atoms with Crippen molar-refractivity contribution in [2.24, 2.45) is 0 Å². The van der Waals surface area contributed by atoms with Crippen LogP contribution >= 0.6 is 11.3 Å². The highest BCUT2D eigenvalue weighted by molar-refractivity contribution is 7.09. The lowest BCUT2D eigenvalue weighted by Gasteiger charge is -2.28. The topological polar surface area (TPSA) is 61.0 Å². The molecule has 0 aromatic carbocycles. The summed E-state index contributed by atoms with van der Waals surface area (Å²) in [6, 6.07) is 3.93. The Kier molecular flexibility index (Phi) is 3.84. The van der Waals surface area contributed by atoms with Crippen LogP contribution < -0.4 is 5.32 Å². The molecule has 0 fully saturated rings. The minimum Gasteiger partial charge on any atom is -0.347 e. The number of likely N-dealkylation sites (N-methyl/N-ethyl adjacent to an activating group) is 1. The molecule has 0 radical (unpaired) electrons. The van der Waals surface area contributed by atoms with Gasteiger partial charge in [0.25, 0.3) is 0 Å². The van der Waals surface area contributed by atoms with E-state index in [4.69, 9.17) is 0 Å². The lowest BCUT2D eigenvalue weighted by Crippen LogP contribution is -2.49. The maximum atomic E-state index is 12.6. The second-order valence-electron chi connectivity index (χ2n) is 4.90. The molecule has 2 N–H and O–H groups in total. The highest BCUT2D eigenvalue weighted by atomic mass is 32.1. The van der Waals surface area contributed by atoms with Crippen LogP contribution in [0.2, 0.25) is 0 Å². The average Bonchev–Trinajstić information content (AvgIpc) is 3.14. The molecule has 2 aromatic heterocycles. The van der Waals surface area contributed by atoms with E-state index in [1.165, 1.54) is 4.88 Å². The number of nitrogens with zero attached hydrogens (tertiary/aromatic N) is 2. The minimum atomic E-state index is -0.161. The van der Waals surface area contributed by atoms with Crippen molar-refractivity contribution in [2.45, 2.75) is 32.5 Å². The normalized spacial score (nSPS) is 17.8. The van der Waals surface area contributed by atoms with Gasteiger partial charge in [0.15, 0.2) is 0 Å². The third-order valence-corrected chi connectivity index (χ3v) is 4.51. The Morgan fingerprint density at radius 1 is 1.60 bits per heavy atom. The molecule has 6 heteroatoms. The molecule has 3 rings (SSSR count). The van der Waals surface area contributed by atoms with E-state index >= 15 is 0 Å². The monoisotopic (exact) mass is 290 g/mol. The zero-order valence-corrected chi connectivity index (χ0v) is 12.2. The number of H-pyrrole nitrogens is 1. The van der Waals surface area contributed by atoms with Crippen molar-refractivity contribution in [3.63, 3.8) is 0 Å². The molecule has 1 unspecified atom stereocenters. The van der Waals surface area contributed by atoms with Crippen molar-refractivity contribution in [1.29, 1.82) is 0 Å². The summed E-state index contributed by atoms with van der Waals surface area (Å²) in [6.07, 6.45) is 2.36. The van der Waals surface area contributed by atoms with Gasteiger partial charge in [-0.3, -0.25) is 10.1 Å². The standard InChI is InChI=1S/C14H18N4OS/c1-2-18(8-10-4-3-5-20-10)14(19)12-6-11-13(7-15-12)17-9-16-11/h3-5,9,12,15H,2,6-8H2,1H3,(H,16,17). The van der Waals surface area contributed by atoms with Crippen LogP contribution in [0.5, 0.6) is 0 Å². The van der Waals surface area contributed by atoms with E-state index < -0.39 is 0 Å². The lowest BCUT2D eigenvalue weighted by atomic mass is 10.0. The van der Waals surface area contributed by atoms with Gasteiger partial charge in [-0.2, -0.15) is 0 Å². The summed E-state index contributed by atoms with van der Waals surface area (Å²) in [4.78, 5) is 23.1. The Morgan fingerprint density at radius 2 is 2.50 bits per heavy atom. The lowest BCUT2D eigenvalue weighted by molar-refractivity contribution is -0.134. The number of carbonyl (C=O) groups is 1. The summed E-state index contributed by atoms with van der Waals surface area (Å²) in [5, 5.41) is 5.34. The first kappa shape index (κ1) is 13.3. The third-order valence-electron chi connectivity index (χ3n) is 3.65. The summed E-state index contributed by atoms with van der Waals surface area (Å²) in [5.41, 5.74) is 2.10. The number of imidazole rings is 1. The first-order valence-corrected chi connectivity index (χ1v) is 7.71. The fourth-order valence-electron chi connectivity index (χ4n) is 2.50. The molecular formula is C14H18N4OS. The number of hydrogen-bond acceptors (Lipinski definition) is 4. The number of rotatable bonds is 4. The third kappa shape index (κ3) is 2.62. The van der Waals surface area contributed by atoms with E-state index in [0.717, 1.165) is 17.9 Å². The molecule has 0 bridgehead atoms. The Bertz CT molecular complexity index is 574. The van der Waals surface area contributed by atoms with Gasteiger partial charge in [0.1, 0.15) is 0 Å². The second-order valence-corrected chi connectivity index (χ2v) is 5.93. The summed E-state index contributed by atoms with van der Waals surface area (Å²) >= 11 is 1.69. The van der Waals surface area contributed by atoms with Gasteiger partial charge in [-0.05, 0) is 18.4 Å². The molecule has 20 heavy (non-hydrogen) atoms. The Morgan fingerprint density at radius 3 is 3.25 bits per heavy atom. The zero-order chi connectivity index (χ0) is 13.9. The fraction of sp³-hybridized carbons (Fsp3) is 0.429. The van der Waals surface area contributed by atoms with Gasteiger partial charge in [0.2, 0.25) is 5.91 Å². The van der Waals surface area contributed by atoms with E-state index in [1.807, 2.05) is 23.3 Å². The van der Waals surface area contributed by atoms with Crippen LogP contribution in [0.25, 0.3) is 0 Å². The predicted molar refractivity (Wildman–Crippen MR) is 78.3 cm³/mol. The van der Waals surface area contributed by atoms with Crippen LogP contribution in [0.4, 0.5) is 0 Å². The van der Waals surface area contributed by atoms with Crippen molar-refractivity contribution in [2.75, 3.05) is 6.54 Å². The number of carbonyl (C=O) groups excluding carboxylic acids is 1. The Hall–Kier alpha value is -1.66. The van der Waals surface area contributed by atoms with E-state index in [0.29, 0.717) is 19.5 Å². The van der Waals surface area contributed by atoms with Gasteiger partial charge in [-0.1, -0.05) is 6.07 Å². The van der Waals surface area contributed by atoms with Crippen LogP contribution in [0.15, 0.2) is 23.8 Å². The largest absolute Gasteiger partial charge is 0.347 e. The van der Waals surface area contributed by atoms with Gasteiger partial charge in [-0.15, -0.1) is 11.3 Å². The van der Waals surface area contributed by atoms with Gasteiger partial charge in [-0.25, -0.2) is 4.98 Å². The molecule has 1 amide bonds. The van der Waals surface area contributed by atoms with Crippen molar-refractivity contribution in [3.8, 4) is 0 Å². The summed E-state index contributed by atoms with van der Waals surface area (Å²) in [7, 11) is 0. The predicted octanol–water partition coefficient (Wildman–Crippen LogP) is 1.53. The summed E-state index contributed by atoms with van der Waals surface area (Å²) < 4.78 is 0. The molecule has 0 aliphatic carbocycles. The van der Waals surface area contributed by atoms with Crippen LogP contribution in [-0.2, 0) is 24.3 Å². The number of hydrogen-bond donors (Lipinski definition) is 2. The van der Waals surface area contributed by atoms with Crippen LogP contribution in [-0.4, -0.2) is 33.4 Å². The molecule has 106 valence electrons. The van der Waals surface area contributed by atoms with Gasteiger partial charge in [0.05, 0.1) is 30.3 Å². The molecule has 0 spiro atoms. The van der Waals surface area contributed by atoms with E-state index in [1.54, 1.807) is 17.7 Å². The summed E-state index contributed by atoms with van der Waals surface area (Å²) in [5.74, 6) is 0.162. The highest BCUT2D eigenvalue weighted by Gasteiger charge is 2.28. The van der Waals surface area contributed by atoms with Crippen molar-refractivity contribution in [1.82, 2.24) is 20.2 Å². The van der Waals surface area contributed by atoms with E-state index in [-0.39, 0.29) is 11.9 Å². The number of aromatic nitrogens is 2. The number of nitrogens with one attached hydrogen (secondary N) is 2. The SMILES string of the molecule is CCN(Cc1cccs1)C(=O)C1Cc2nc[nH]c2CN1. The molecule has 0 saturated heterocycles. The Balaban J connectivity index is 1.68. The number of aromatic amines is 1. The maximum Gasteiger partial charge on any atom is 0.240 e. The Labute approximate surface area is 122 Å². The first-order chi connectivity index (χ1) is 9.78. The molecule has 2 aromatic rings. The van der Waals surface area contributed by atoms with Crippen molar-refractivity contribution < 1.29 is 4.79 Å². The van der Waals surface area contributed by atoms with Crippen LogP contribution in [0, 0.1) is 0 Å². The van der Waals surface area contributed by atoms with Gasteiger partial charge >= 0.3 is 0 Å². The van der Waals surface area contributed by atoms with Gasteiger partial charge in [0, 0.05) is 24.4 Å². The zero-order valence-electron chi connectivity index (χ0n) is 11.4. The van der Waals surface area contributed by atoms with E-state index in [2.05, 4.69) is 21.4 Å². The fourth-order valence-corrected chi connectivity index (χ4v) is 3.22. The average molecular weight is 290 g/mol. The molecule has 5 nitrogen and oxygen atoms in total. The molecule has 1 aliphatic heterocycles. The minimum absolute atomic E-state index is 0.161. The molecular weight excluding hydrogens is 272 g/mol. The first-order valence-electron chi connectivity index (χ1n) is 6.83. The quantitative estimate of drug-likeness (QED) is 0.898. The number of thiophene rings is 1. The smallest absolute Gasteiger partial charge is 0.240 e.